The number of nitrogens with two attached hydrogens (primary N) is 1. The molecule has 0 spiro atoms. The molecule has 0 fully saturated rings. The van der Waals surface area contributed by atoms with E-state index in [9.17, 15) is 10.1 Å². The van der Waals surface area contributed by atoms with Crippen LogP contribution in [0.25, 0.3) is 0 Å². The first-order chi connectivity index (χ1) is 15.9. The summed E-state index contributed by atoms with van der Waals surface area (Å²) in [6.07, 6.45) is 0. The molecule has 1 aliphatic rings. The van der Waals surface area contributed by atoms with E-state index in [-0.39, 0.29) is 11.5 Å². The maximum Gasteiger partial charge on any atom is 0.343 e. The van der Waals surface area contributed by atoms with Gasteiger partial charge < -0.3 is 24.7 Å². The number of nitrogens with zero attached hydrogens (tertiary/aromatic N) is 1. The number of hydrogen-bond donors (Lipinski definition) is 1. The fraction of sp³-hybridized carbons (Fsp3) is 0.154. The van der Waals surface area contributed by atoms with Gasteiger partial charge in [-0.3, -0.25) is 0 Å². The second-order valence-corrected chi connectivity index (χ2v) is 7.49. The Kier molecular flexibility index (Phi) is 5.92. The number of allylic oxidation sites excluding steroid dienone is 1. The zero-order valence-corrected chi connectivity index (χ0v) is 18.4. The smallest absolute Gasteiger partial charge is 0.343 e. The van der Waals surface area contributed by atoms with Crippen LogP contribution in [0.15, 0.2) is 72.1 Å². The Morgan fingerprint density at radius 2 is 1.79 bits per heavy atom. The maximum absolute atomic E-state index is 12.6. The van der Waals surface area contributed by atoms with Gasteiger partial charge in [0.05, 0.1) is 25.7 Å². The largest absolute Gasteiger partial charge is 0.497 e. The third kappa shape index (κ3) is 4.19. The number of carbonyl (C=O) groups is 1. The molecule has 1 unspecified atom stereocenters. The van der Waals surface area contributed by atoms with E-state index in [4.69, 9.17) is 24.7 Å². The summed E-state index contributed by atoms with van der Waals surface area (Å²) < 4.78 is 22.2. The number of aryl methyl sites for hydroxylation is 1. The summed E-state index contributed by atoms with van der Waals surface area (Å²) in [4.78, 5) is 12.6. The van der Waals surface area contributed by atoms with Crippen LogP contribution in [0.2, 0.25) is 0 Å². The molecule has 166 valence electrons. The Bertz CT molecular complexity index is 1310. The minimum Gasteiger partial charge on any atom is -0.497 e. The third-order valence-electron chi connectivity index (χ3n) is 5.40. The molecule has 3 aromatic carbocycles. The molecule has 33 heavy (non-hydrogen) atoms. The second-order valence-electron chi connectivity index (χ2n) is 7.49. The van der Waals surface area contributed by atoms with Crippen LogP contribution in [-0.4, -0.2) is 20.2 Å². The first-order valence-electron chi connectivity index (χ1n) is 10.2. The van der Waals surface area contributed by atoms with Crippen LogP contribution in [0, 0.1) is 18.3 Å². The Morgan fingerprint density at radius 3 is 2.48 bits per heavy atom. The Morgan fingerprint density at radius 1 is 1.00 bits per heavy atom. The predicted octanol–water partition coefficient (Wildman–Crippen LogP) is 4.45. The van der Waals surface area contributed by atoms with Gasteiger partial charge >= 0.3 is 5.97 Å². The van der Waals surface area contributed by atoms with Gasteiger partial charge in [0.1, 0.15) is 34.6 Å². The predicted molar refractivity (Wildman–Crippen MR) is 121 cm³/mol. The van der Waals surface area contributed by atoms with Crippen LogP contribution in [0.5, 0.6) is 23.0 Å². The van der Waals surface area contributed by atoms with Crippen LogP contribution in [0.1, 0.15) is 33.0 Å². The molecule has 7 nitrogen and oxygen atoms in total. The fourth-order valence-corrected chi connectivity index (χ4v) is 3.82. The zero-order valence-electron chi connectivity index (χ0n) is 18.4. The van der Waals surface area contributed by atoms with Gasteiger partial charge in [-0.25, -0.2) is 4.79 Å². The molecule has 0 bridgehead atoms. The minimum absolute atomic E-state index is 0.0259. The molecule has 1 heterocycles. The standard InChI is InChI=1S/C26H22N2O5/c1-15-5-4-6-16(11-15)26(29)32-18-7-9-19-23(13-18)33-25(28)21(14-27)24(19)20-12-17(30-2)8-10-22(20)31-3/h4-13,24H,28H2,1-3H3. The lowest BCUT2D eigenvalue weighted by molar-refractivity contribution is 0.0734. The van der Waals surface area contributed by atoms with Crippen molar-refractivity contribution >= 4 is 5.97 Å². The highest BCUT2D eigenvalue weighted by atomic mass is 16.5. The van der Waals surface area contributed by atoms with E-state index in [2.05, 4.69) is 6.07 Å². The number of esters is 1. The van der Waals surface area contributed by atoms with Crippen molar-refractivity contribution in [1.82, 2.24) is 0 Å². The van der Waals surface area contributed by atoms with Crippen LogP contribution in [0.4, 0.5) is 0 Å². The van der Waals surface area contributed by atoms with Crippen LogP contribution in [-0.2, 0) is 0 Å². The molecule has 7 heteroatoms. The average Bonchev–Trinajstić information content (AvgIpc) is 2.82. The molecule has 0 saturated heterocycles. The van der Waals surface area contributed by atoms with Crippen molar-refractivity contribution in [2.24, 2.45) is 5.73 Å². The lowest BCUT2D eigenvalue weighted by Gasteiger charge is -2.28. The normalized spacial score (nSPS) is 14.5. The zero-order chi connectivity index (χ0) is 23.5. The number of fused-ring (bicyclic) bond motifs is 1. The van der Waals surface area contributed by atoms with Gasteiger partial charge in [-0.1, -0.05) is 23.8 Å². The lowest BCUT2D eigenvalue weighted by atomic mass is 9.83. The minimum atomic E-state index is -0.551. The molecule has 0 amide bonds. The number of hydrogen-bond acceptors (Lipinski definition) is 7. The quantitative estimate of drug-likeness (QED) is 0.460. The highest BCUT2D eigenvalue weighted by Gasteiger charge is 2.33. The second kappa shape index (κ2) is 8.97. The molecule has 0 radical (unpaired) electrons. The molecule has 3 aromatic rings. The molecule has 2 N–H and O–H groups in total. The molecule has 0 saturated carbocycles. The van der Waals surface area contributed by atoms with Gasteiger partial charge in [0.15, 0.2) is 0 Å². The summed E-state index contributed by atoms with van der Waals surface area (Å²) in [5.41, 5.74) is 9.14. The van der Waals surface area contributed by atoms with Crippen molar-refractivity contribution in [3.63, 3.8) is 0 Å². The first kappa shape index (κ1) is 21.8. The Balaban J connectivity index is 1.75. The number of rotatable bonds is 5. The summed E-state index contributed by atoms with van der Waals surface area (Å²) >= 11 is 0. The molecule has 4 rings (SSSR count). The fourth-order valence-electron chi connectivity index (χ4n) is 3.82. The van der Waals surface area contributed by atoms with Crippen molar-refractivity contribution in [2.45, 2.75) is 12.8 Å². The van der Waals surface area contributed by atoms with Gasteiger partial charge in [-0.2, -0.15) is 5.26 Å². The molecular formula is C26H22N2O5. The van der Waals surface area contributed by atoms with Gasteiger partial charge in [-0.15, -0.1) is 0 Å². The summed E-state index contributed by atoms with van der Waals surface area (Å²) in [5, 5.41) is 9.82. The van der Waals surface area contributed by atoms with E-state index in [1.165, 1.54) is 0 Å². The van der Waals surface area contributed by atoms with Crippen LogP contribution >= 0.6 is 0 Å². The topological polar surface area (TPSA) is 104 Å². The molecule has 0 aliphatic carbocycles. The van der Waals surface area contributed by atoms with E-state index in [0.717, 1.165) is 5.56 Å². The summed E-state index contributed by atoms with van der Waals surface area (Å²) in [5.74, 6) is 0.803. The molecule has 0 aromatic heterocycles. The number of carbonyl (C=O) groups excluding carboxylic acids is 1. The monoisotopic (exact) mass is 442 g/mol. The highest BCUT2D eigenvalue weighted by Crippen LogP contribution is 2.46. The number of ether oxygens (including phenoxy) is 4. The van der Waals surface area contributed by atoms with Crippen molar-refractivity contribution < 1.29 is 23.7 Å². The van der Waals surface area contributed by atoms with Gasteiger partial charge in [-0.05, 0) is 43.3 Å². The van der Waals surface area contributed by atoms with Crippen molar-refractivity contribution in [3.8, 4) is 29.1 Å². The number of nitriles is 1. The first-order valence-corrected chi connectivity index (χ1v) is 10.2. The third-order valence-corrected chi connectivity index (χ3v) is 5.40. The average molecular weight is 442 g/mol. The van der Waals surface area contributed by atoms with Crippen molar-refractivity contribution in [1.29, 1.82) is 5.26 Å². The Hall–Kier alpha value is -4.44. The van der Waals surface area contributed by atoms with E-state index in [1.807, 2.05) is 13.0 Å². The van der Waals surface area contributed by atoms with E-state index in [1.54, 1.807) is 68.8 Å². The SMILES string of the molecule is COc1ccc(OC)c(C2C(C#N)=C(N)Oc3cc(OC(=O)c4cccc(C)c4)ccc32)c1. The van der Waals surface area contributed by atoms with Gasteiger partial charge in [0.25, 0.3) is 0 Å². The van der Waals surface area contributed by atoms with Crippen LogP contribution < -0.4 is 24.7 Å². The molecule has 1 atom stereocenters. The van der Waals surface area contributed by atoms with Gasteiger partial charge in [0, 0.05) is 17.2 Å². The van der Waals surface area contributed by atoms with E-state index >= 15 is 0 Å². The summed E-state index contributed by atoms with van der Waals surface area (Å²) in [6.45, 7) is 1.90. The molecular weight excluding hydrogens is 420 g/mol. The van der Waals surface area contributed by atoms with Gasteiger partial charge in [0.2, 0.25) is 5.88 Å². The summed E-state index contributed by atoms with van der Waals surface area (Å²) in [6, 6.07) is 19.6. The van der Waals surface area contributed by atoms with Crippen molar-refractivity contribution in [2.75, 3.05) is 14.2 Å². The van der Waals surface area contributed by atoms with Crippen molar-refractivity contribution in [3.05, 3.63) is 94.4 Å². The molecule has 1 aliphatic heterocycles. The maximum atomic E-state index is 12.6. The van der Waals surface area contributed by atoms with E-state index < -0.39 is 11.9 Å². The lowest BCUT2D eigenvalue weighted by Crippen LogP contribution is -2.21. The summed E-state index contributed by atoms with van der Waals surface area (Å²) in [7, 11) is 3.12. The Labute approximate surface area is 191 Å². The van der Waals surface area contributed by atoms with Crippen LogP contribution in [0.3, 0.4) is 0 Å². The van der Waals surface area contributed by atoms with E-state index in [0.29, 0.717) is 39.7 Å². The highest BCUT2D eigenvalue weighted by molar-refractivity contribution is 5.91. The number of methoxy groups -OCH3 is 2. The number of benzene rings is 3.